The van der Waals surface area contributed by atoms with Crippen LogP contribution in [0.3, 0.4) is 0 Å². The van der Waals surface area contributed by atoms with Crippen molar-refractivity contribution in [2.45, 2.75) is 6.54 Å². The SMILES string of the molecule is CNCc1cnn2ccn(C)c12. The fourth-order valence-electron chi connectivity index (χ4n) is 1.44. The van der Waals surface area contributed by atoms with Crippen LogP contribution in [0.5, 0.6) is 0 Å². The largest absolute Gasteiger partial charge is 0.334 e. The highest BCUT2D eigenvalue weighted by Crippen LogP contribution is 2.09. The lowest BCUT2D eigenvalue weighted by Crippen LogP contribution is -2.05. The van der Waals surface area contributed by atoms with E-state index in [1.807, 2.05) is 37.2 Å². The second-order valence-electron chi connectivity index (χ2n) is 2.88. The second-order valence-corrected chi connectivity index (χ2v) is 2.88. The molecule has 0 radical (unpaired) electrons. The number of fused-ring (bicyclic) bond motifs is 1. The van der Waals surface area contributed by atoms with Crippen LogP contribution in [0, 0.1) is 0 Å². The Bertz CT molecular complexity index is 385. The van der Waals surface area contributed by atoms with E-state index in [0.29, 0.717) is 0 Å². The van der Waals surface area contributed by atoms with E-state index in [0.717, 1.165) is 12.2 Å². The highest BCUT2D eigenvalue weighted by atomic mass is 15.3. The van der Waals surface area contributed by atoms with Crippen molar-refractivity contribution in [2.24, 2.45) is 7.05 Å². The van der Waals surface area contributed by atoms with E-state index in [-0.39, 0.29) is 0 Å². The predicted molar refractivity (Wildman–Crippen MR) is 46.9 cm³/mol. The molecule has 0 saturated carbocycles. The van der Waals surface area contributed by atoms with Crippen LogP contribution < -0.4 is 5.32 Å². The maximum Gasteiger partial charge on any atom is 0.140 e. The molecule has 0 spiro atoms. The Morgan fingerprint density at radius 2 is 2.33 bits per heavy atom. The average molecular weight is 164 g/mol. The van der Waals surface area contributed by atoms with Gasteiger partial charge in [-0.3, -0.25) is 0 Å². The van der Waals surface area contributed by atoms with Gasteiger partial charge in [0.15, 0.2) is 0 Å². The monoisotopic (exact) mass is 164 g/mol. The molecule has 0 amide bonds. The van der Waals surface area contributed by atoms with Crippen molar-refractivity contribution < 1.29 is 0 Å². The number of nitrogens with zero attached hydrogens (tertiary/aromatic N) is 3. The van der Waals surface area contributed by atoms with Gasteiger partial charge in [0.2, 0.25) is 0 Å². The first kappa shape index (κ1) is 7.36. The Hall–Kier alpha value is -1.29. The van der Waals surface area contributed by atoms with Gasteiger partial charge in [-0.15, -0.1) is 0 Å². The predicted octanol–water partition coefficient (Wildman–Crippen LogP) is 0.392. The summed E-state index contributed by atoms with van der Waals surface area (Å²) in [6.07, 6.45) is 5.85. The van der Waals surface area contributed by atoms with Crippen LogP contribution in [0.1, 0.15) is 5.56 Å². The molecule has 0 bridgehead atoms. The molecule has 0 unspecified atom stereocenters. The van der Waals surface area contributed by atoms with E-state index in [1.54, 1.807) is 0 Å². The molecule has 2 aromatic heterocycles. The van der Waals surface area contributed by atoms with Crippen LogP contribution in [0.15, 0.2) is 18.6 Å². The topological polar surface area (TPSA) is 34.3 Å². The smallest absolute Gasteiger partial charge is 0.140 e. The van der Waals surface area contributed by atoms with Crippen LogP contribution in [0.4, 0.5) is 0 Å². The Balaban J connectivity index is 2.59. The van der Waals surface area contributed by atoms with E-state index >= 15 is 0 Å². The molecule has 4 heteroatoms. The zero-order valence-corrected chi connectivity index (χ0v) is 7.28. The first-order chi connectivity index (χ1) is 5.83. The molecule has 0 aliphatic heterocycles. The third-order valence-corrected chi connectivity index (χ3v) is 1.97. The molecule has 0 saturated heterocycles. The van der Waals surface area contributed by atoms with Crippen molar-refractivity contribution in [3.63, 3.8) is 0 Å². The van der Waals surface area contributed by atoms with Gasteiger partial charge in [-0.25, -0.2) is 4.52 Å². The van der Waals surface area contributed by atoms with Gasteiger partial charge in [-0.2, -0.15) is 5.10 Å². The zero-order chi connectivity index (χ0) is 8.55. The summed E-state index contributed by atoms with van der Waals surface area (Å²) in [5, 5.41) is 7.33. The van der Waals surface area contributed by atoms with E-state index in [1.165, 1.54) is 5.56 Å². The van der Waals surface area contributed by atoms with Crippen molar-refractivity contribution >= 4 is 5.65 Å². The minimum absolute atomic E-state index is 0.862. The highest BCUT2D eigenvalue weighted by Gasteiger charge is 2.04. The third kappa shape index (κ3) is 0.921. The molecule has 2 aromatic rings. The molecule has 12 heavy (non-hydrogen) atoms. The van der Waals surface area contributed by atoms with Crippen LogP contribution in [0.2, 0.25) is 0 Å². The summed E-state index contributed by atoms with van der Waals surface area (Å²) in [5.74, 6) is 0. The number of aromatic nitrogens is 3. The van der Waals surface area contributed by atoms with E-state index in [2.05, 4.69) is 15.0 Å². The summed E-state index contributed by atoms with van der Waals surface area (Å²) < 4.78 is 3.95. The van der Waals surface area contributed by atoms with Crippen molar-refractivity contribution in [1.82, 2.24) is 19.5 Å². The van der Waals surface area contributed by atoms with Gasteiger partial charge in [0.05, 0.1) is 6.20 Å². The Labute approximate surface area is 70.8 Å². The number of aryl methyl sites for hydroxylation is 1. The van der Waals surface area contributed by atoms with Crippen molar-refractivity contribution in [1.29, 1.82) is 0 Å². The van der Waals surface area contributed by atoms with Crippen LogP contribution in [0.25, 0.3) is 5.65 Å². The number of nitrogens with one attached hydrogen (secondary N) is 1. The molecule has 0 aliphatic carbocycles. The number of hydrogen-bond donors (Lipinski definition) is 1. The number of rotatable bonds is 2. The standard InChI is InChI=1S/C8H12N4/c1-9-5-7-6-10-12-4-3-11(2)8(7)12/h3-4,6,9H,5H2,1-2H3. The number of hydrogen-bond acceptors (Lipinski definition) is 2. The molecule has 4 nitrogen and oxygen atoms in total. The summed E-state index contributed by atoms with van der Waals surface area (Å²) in [6, 6.07) is 0. The summed E-state index contributed by atoms with van der Waals surface area (Å²) in [5.41, 5.74) is 2.38. The molecule has 2 heterocycles. The van der Waals surface area contributed by atoms with Gasteiger partial charge < -0.3 is 9.88 Å². The maximum absolute atomic E-state index is 4.21. The summed E-state index contributed by atoms with van der Waals surface area (Å²) in [4.78, 5) is 0. The van der Waals surface area contributed by atoms with Gasteiger partial charge in [0, 0.05) is 31.5 Å². The quantitative estimate of drug-likeness (QED) is 0.696. The highest BCUT2D eigenvalue weighted by molar-refractivity contribution is 5.47. The lowest BCUT2D eigenvalue weighted by atomic mass is 10.3. The van der Waals surface area contributed by atoms with E-state index in [9.17, 15) is 0 Å². The summed E-state index contributed by atoms with van der Waals surface area (Å²) >= 11 is 0. The number of imidazole rings is 1. The molecule has 0 aromatic carbocycles. The second kappa shape index (κ2) is 2.64. The van der Waals surface area contributed by atoms with E-state index in [4.69, 9.17) is 0 Å². The van der Waals surface area contributed by atoms with Gasteiger partial charge in [-0.05, 0) is 7.05 Å². The lowest BCUT2D eigenvalue weighted by Gasteiger charge is -1.96. The zero-order valence-electron chi connectivity index (χ0n) is 7.28. The van der Waals surface area contributed by atoms with Gasteiger partial charge in [-0.1, -0.05) is 0 Å². The van der Waals surface area contributed by atoms with Crippen molar-refractivity contribution in [2.75, 3.05) is 7.05 Å². The Kier molecular flexibility index (Phi) is 1.62. The molecule has 0 aliphatic rings. The fourth-order valence-corrected chi connectivity index (χ4v) is 1.44. The fraction of sp³-hybridized carbons (Fsp3) is 0.375. The van der Waals surface area contributed by atoms with Crippen LogP contribution in [-0.2, 0) is 13.6 Å². The lowest BCUT2D eigenvalue weighted by molar-refractivity contribution is 0.814. The van der Waals surface area contributed by atoms with Crippen molar-refractivity contribution in [3.05, 3.63) is 24.2 Å². The molecule has 1 N–H and O–H groups in total. The first-order valence-electron chi connectivity index (χ1n) is 3.95. The van der Waals surface area contributed by atoms with Gasteiger partial charge in [0.1, 0.15) is 5.65 Å². The first-order valence-corrected chi connectivity index (χ1v) is 3.95. The molecular formula is C8H12N4. The molecule has 0 atom stereocenters. The third-order valence-electron chi connectivity index (χ3n) is 1.97. The average Bonchev–Trinajstić information content (AvgIpc) is 2.58. The Morgan fingerprint density at radius 3 is 3.08 bits per heavy atom. The Morgan fingerprint density at radius 1 is 1.50 bits per heavy atom. The van der Waals surface area contributed by atoms with E-state index < -0.39 is 0 Å². The van der Waals surface area contributed by atoms with Gasteiger partial charge in [0.25, 0.3) is 0 Å². The normalized spacial score (nSPS) is 11.2. The molecule has 2 rings (SSSR count). The summed E-state index contributed by atoms with van der Waals surface area (Å²) in [7, 11) is 3.96. The maximum atomic E-state index is 4.21. The van der Waals surface area contributed by atoms with Crippen LogP contribution in [-0.4, -0.2) is 21.2 Å². The summed E-state index contributed by atoms with van der Waals surface area (Å²) in [6.45, 7) is 0.862. The molecule has 64 valence electrons. The minimum Gasteiger partial charge on any atom is -0.334 e. The molecular weight excluding hydrogens is 152 g/mol. The van der Waals surface area contributed by atoms with Crippen molar-refractivity contribution in [3.8, 4) is 0 Å². The van der Waals surface area contributed by atoms with Crippen LogP contribution >= 0.6 is 0 Å². The molecule has 0 fully saturated rings. The van der Waals surface area contributed by atoms with Gasteiger partial charge >= 0.3 is 0 Å². The minimum atomic E-state index is 0.862.